The molecular weight excluding hydrogens is 435 g/mol. The predicted molar refractivity (Wildman–Crippen MR) is 126 cm³/mol. The van der Waals surface area contributed by atoms with Crippen LogP contribution in [0.5, 0.6) is 5.88 Å². The van der Waals surface area contributed by atoms with Crippen molar-refractivity contribution >= 4 is 11.7 Å². The Morgan fingerprint density at radius 3 is 2.76 bits per heavy atom. The third-order valence-corrected chi connectivity index (χ3v) is 7.18. The summed E-state index contributed by atoms with van der Waals surface area (Å²) in [6.07, 6.45) is 7.04. The van der Waals surface area contributed by atoms with Crippen molar-refractivity contribution < 1.29 is 13.9 Å². The van der Waals surface area contributed by atoms with Crippen LogP contribution in [0.1, 0.15) is 36.9 Å². The van der Waals surface area contributed by atoms with Crippen LogP contribution in [0.3, 0.4) is 0 Å². The van der Waals surface area contributed by atoms with Crippen LogP contribution in [0.15, 0.2) is 36.8 Å². The van der Waals surface area contributed by atoms with Crippen molar-refractivity contribution in [3.8, 4) is 17.0 Å². The minimum absolute atomic E-state index is 0.0570. The lowest BCUT2D eigenvalue weighted by atomic mass is 10.00. The fourth-order valence-electron chi connectivity index (χ4n) is 4.97. The SMILES string of the molecule is COc1cc([C@@H](C)C(=O)N2C[C@@H](Nc3ccc(-c4cnn(C)c4)c(C)n3)C3(CC3)C2)c(F)cn1. The summed E-state index contributed by atoms with van der Waals surface area (Å²) in [4.78, 5) is 23.8. The number of carbonyl (C=O) groups is 1. The fraction of sp³-hybridized carbons (Fsp3) is 0.440. The van der Waals surface area contributed by atoms with Crippen molar-refractivity contribution in [3.05, 3.63) is 53.9 Å². The molecule has 0 unspecified atom stereocenters. The quantitative estimate of drug-likeness (QED) is 0.601. The Labute approximate surface area is 198 Å². The number of halogens is 1. The minimum Gasteiger partial charge on any atom is -0.481 e. The molecule has 5 rings (SSSR count). The summed E-state index contributed by atoms with van der Waals surface area (Å²) < 4.78 is 21.3. The molecule has 2 atom stereocenters. The molecule has 3 aromatic rings. The first-order valence-electron chi connectivity index (χ1n) is 11.5. The number of likely N-dealkylation sites (tertiary alicyclic amines) is 1. The molecule has 1 N–H and O–H groups in total. The number of hydrogen-bond acceptors (Lipinski definition) is 6. The number of nitrogens with one attached hydrogen (secondary N) is 1. The van der Waals surface area contributed by atoms with Gasteiger partial charge in [-0.25, -0.2) is 14.4 Å². The van der Waals surface area contributed by atoms with E-state index >= 15 is 0 Å². The van der Waals surface area contributed by atoms with Gasteiger partial charge in [0.05, 0.1) is 31.5 Å². The number of amides is 1. The van der Waals surface area contributed by atoms with Gasteiger partial charge >= 0.3 is 0 Å². The molecule has 0 radical (unpaired) electrons. The summed E-state index contributed by atoms with van der Waals surface area (Å²) in [5.41, 5.74) is 3.36. The molecule has 9 heteroatoms. The van der Waals surface area contributed by atoms with Crippen LogP contribution in [0.2, 0.25) is 0 Å². The zero-order valence-electron chi connectivity index (χ0n) is 19.9. The maximum absolute atomic E-state index is 14.4. The summed E-state index contributed by atoms with van der Waals surface area (Å²) in [5, 5.41) is 7.83. The molecule has 1 aliphatic carbocycles. The van der Waals surface area contributed by atoms with E-state index < -0.39 is 11.7 Å². The molecule has 0 bridgehead atoms. The van der Waals surface area contributed by atoms with Crippen molar-refractivity contribution in [1.29, 1.82) is 0 Å². The molecule has 3 aromatic heterocycles. The number of aryl methyl sites for hydroxylation is 2. The Hall–Kier alpha value is -3.49. The Morgan fingerprint density at radius 2 is 2.12 bits per heavy atom. The van der Waals surface area contributed by atoms with E-state index in [0.29, 0.717) is 24.5 Å². The van der Waals surface area contributed by atoms with Crippen LogP contribution >= 0.6 is 0 Å². The molecule has 8 nitrogen and oxygen atoms in total. The molecule has 1 aliphatic heterocycles. The molecule has 1 amide bonds. The number of rotatable bonds is 6. The number of methoxy groups -OCH3 is 1. The standard InChI is InChI=1S/C25H29FN6O2/c1-15(19-9-23(34-4)27-11-20(19)26)24(33)32-13-21(25(14-32)7-8-25)30-22-6-5-18(16(2)29-22)17-10-28-31(3)12-17/h5-6,9-12,15,21H,7-8,13-14H2,1-4H3,(H,29,30)/t15-,21-/m1/s1. The van der Waals surface area contributed by atoms with Gasteiger partial charge in [0.25, 0.3) is 0 Å². The first-order chi connectivity index (χ1) is 16.3. The van der Waals surface area contributed by atoms with Gasteiger partial charge in [-0.05, 0) is 38.8 Å². The van der Waals surface area contributed by atoms with Crippen LogP contribution in [0, 0.1) is 18.2 Å². The number of hydrogen-bond donors (Lipinski definition) is 1. The summed E-state index contributed by atoms with van der Waals surface area (Å²) in [7, 11) is 3.37. The van der Waals surface area contributed by atoms with Gasteiger partial charge in [0.15, 0.2) is 0 Å². The van der Waals surface area contributed by atoms with Crippen molar-refractivity contribution in [2.45, 2.75) is 38.6 Å². The Bertz CT molecular complexity index is 1240. The third kappa shape index (κ3) is 3.99. The number of ether oxygens (including phenoxy) is 1. The van der Waals surface area contributed by atoms with Crippen LogP contribution in [0.25, 0.3) is 11.1 Å². The first-order valence-corrected chi connectivity index (χ1v) is 11.5. The number of aromatic nitrogens is 4. The van der Waals surface area contributed by atoms with E-state index in [1.807, 2.05) is 37.3 Å². The highest BCUT2D eigenvalue weighted by atomic mass is 19.1. The van der Waals surface area contributed by atoms with Gasteiger partial charge in [-0.1, -0.05) is 0 Å². The summed E-state index contributed by atoms with van der Waals surface area (Å²) in [6, 6.07) is 5.65. The van der Waals surface area contributed by atoms with E-state index in [4.69, 9.17) is 9.72 Å². The van der Waals surface area contributed by atoms with Gasteiger partial charge in [0.2, 0.25) is 11.8 Å². The lowest BCUT2D eigenvalue weighted by Gasteiger charge is -2.22. The van der Waals surface area contributed by atoms with Crippen molar-refractivity contribution in [1.82, 2.24) is 24.6 Å². The van der Waals surface area contributed by atoms with Crippen molar-refractivity contribution in [2.75, 3.05) is 25.5 Å². The van der Waals surface area contributed by atoms with Crippen molar-refractivity contribution in [3.63, 3.8) is 0 Å². The monoisotopic (exact) mass is 464 g/mol. The molecular formula is C25H29FN6O2. The van der Waals surface area contributed by atoms with E-state index in [2.05, 4.69) is 21.5 Å². The largest absolute Gasteiger partial charge is 0.481 e. The average molecular weight is 465 g/mol. The third-order valence-electron chi connectivity index (χ3n) is 7.18. The molecule has 2 fully saturated rings. The number of carbonyl (C=O) groups excluding carboxylic acids is 1. The van der Waals surface area contributed by atoms with Gasteiger partial charge in [-0.3, -0.25) is 9.48 Å². The second kappa shape index (κ2) is 8.38. The molecule has 4 heterocycles. The Kier molecular flexibility index (Phi) is 5.50. The zero-order valence-corrected chi connectivity index (χ0v) is 19.9. The van der Waals surface area contributed by atoms with E-state index in [-0.39, 0.29) is 17.4 Å². The van der Waals surface area contributed by atoms with E-state index in [1.165, 1.54) is 13.2 Å². The molecule has 1 saturated carbocycles. The van der Waals surface area contributed by atoms with Crippen molar-refractivity contribution in [2.24, 2.45) is 12.5 Å². The maximum Gasteiger partial charge on any atom is 0.230 e. The maximum atomic E-state index is 14.4. The highest BCUT2D eigenvalue weighted by Crippen LogP contribution is 2.54. The van der Waals surface area contributed by atoms with Gasteiger partial charge in [0, 0.05) is 60.2 Å². The van der Waals surface area contributed by atoms with Crippen LogP contribution in [-0.2, 0) is 11.8 Å². The van der Waals surface area contributed by atoms with E-state index in [1.54, 1.807) is 11.6 Å². The first kappa shape index (κ1) is 22.3. The average Bonchev–Trinajstić information content (AvgIpc) is 3.34. The molecule has 1 spiro atoms. The molecule has 178 valence electrons. The summed E-state index contributed by atoms with van der Waals surface area (Å²) in [6.45, 7) is 4.97. The number of pyridine rings is 2. The lowest BCUT2D eigenvalue weighted by molar-refractivity contribution is -0.131. The summed E-state index contributed by atoms with van der Waals surface area (Å²) in [5.74, 6) is -0.102. The number of anilines is 1. The fourth-order valence-corrected chi connectivity index (χ4v) is 4.97. The second-order valence-corrected chi connectivity index (χ2v) is 9.48. The highest BCUT2D eigenvalue weighted by Gasteiger charge is 2.56. The molecule has 2 aliphatic rings. The Morgan fingerprint density at radius 1 is 1.32 bits per heavy atom. The predicted octanol–water partition coefficient (Wildman–Crippen LogP) is 3.54. The van der Waals surface area contributed by atoms with Gasteiger partial charge in [0.1, 0.15) is 11.6 Å². The van der Waals surface area contributed by atoms with Crippen LogP contribution in [-0.4, -0.2) is 56.8 Å². The van der Waals surface area contributed by atoms with Gasteiger partial charge in [-0.2, -0.15) is 5.10 Å². The normalized spacial score (nSPS) is 19.3. The van der Waals surface area contributed by atoms with Crippen LogP contribution < -0.4 is 10.1 Å². The Balaban J connectivity index is 1.31. The zero-order chi connectivity index (χ0) is 24.0. The molecule has 1 saturated heterocycles. The highest BCUT2D eigenvalue weighted by molar-refractivity contribution is 5.84. The topological polar surface area (TPSA) is 85.2 Å². The van der Waals surface area contributed by atoms with Crippen LogP contribution in [0.4, 0.5) is 10.2 Å². The second-order valence-electron chi connectivity index (χ2n) is 9.48. The van der Waals surface area contributed by atoms with E-state index in [0.717, 1.165) is 41.7 Å². The summed E-state index contributed by atoms with van der Waals surface area (Å²) >= 11 is 0. The lowest BCUT2D eigenvalue weighted by Crippen LogP contribution is -2.34. The minimum atomic E-state index is -0.620. The van der Waals surface area contributed by atoms with Gasteiger partial charge < -0.3 is 15.0 Å². The smallest absolute Gasteiger partial charge is 0.230 e. The number of nitrogens with zero attached hydrogens (tertiary/aromatic N) is 5. The molecule has 34 heavy (non-hydrogen) atoms. The van der Waals surface area contributed by atoms with Gasteiger partial charge in [-0.15, -0.1) is 0 Å². The molecule has 0 aromatic carbocycles. The van der Waals surface area contributed by atoms with E-state index in [9.17, 15) is 9.18 Å².